The average molecular weight is 455 g/mol. The number of nitrogens with zero attached hydrogens (tertiary/aromatic N) is 1. The molecule has 0 aliphatic rings. The molecule has 0 aliphatic carbocycles. The molecule has 7 nitrogen and oxygen atoms in total. The van der Waals surface area contributed by atoms with Crippen molar-refractivity contribution in [3.63, 3.8) is 0 Å². The number of hydrogen-bond donors (Lipinski definition) is 1. The molecule has 0 unspecified atom stereocenters. The molecule has 0 aromatic heterocycles. The largest absolute Gasteiger partial charge is 0.468 e. The lowest BCUT2D eigenvalue weighted by molar-refractivity contribution is -0.140. The van der Waals surface area contributed by atoms with Gasteiger partial charge in [0, 0.05) is 10.0 Å². The van der Waals surface area contributed by atoms with Crippen LogP contribution in [0.4, 0.5) is 0 Å². The van der Waals surface area contributed by atoms with Gasteiger partial charge >= 0.3 is 5.97 Å². The van der Waals surface area contributed by atoms with E-state index in [2.05, 4.69) is 26.0 Å². The van der Waals surface area contributed by atoms with Crippen molar-refractivity contribution in [2.24, 2.45) is 0 Å². The van der Waals surface area contributed by atoms with Crippen molar-refractivity contribution in [2.45, 2.75) is 11.8 Å². The lowest BCUT2D eigenvalue weighted by Crippen LogP contribution is -2.44. The molecule has 1 N–H and O–H groups in total. The second-order valence-corrected chi connectivity index (χ2v) is 8.53. The van der Waals surface area contributed by atoms with Gasteiger partial charge in [-0.1, -0.05) is 33.6 Å². The summed E-state index contributed by atoms with van der Waals surface area (Å²) in [6, 6.07) is 12.8. The Morgan fingerprint density at radius 2 is 1.67 bits per heavy atom. The van der Waals surface area contributed by atoms with Crippen LogP contribution in [-0.4, -0.2) is 44.9 Å². The minimum Gasteiger partial charge on any atom is -0.468 e. The van der Waals surface area contributed by atoms with Crippen molar-refractivity contribution >= 4 is 37.8 Å². The van der Waals surface area contributed by atoms with Gasteiger partial charge in [0.25, 0.3) is 5.91 Å². The molecule has 27 heavy (non-hydrogen) atoms. The molecule has 0 aliphatic heterocycles. The van der Waals surface area contributed by atoms with E-state index in [1.165, 1.54) is 19.2 Å². The highest BCUT2D eigenvalue weighted by Crippen LogP contribution is 2.16. The third-order valence-corrected chi connectivity index (χ3v) is 6.05. The van der Waals surface area contributed by atoms with Crippen LogP contribution in [0, 0.1) is 6.92 Å². The summed E-state index contributed by atoms with van der Waals surface area (Å²) in [6.45, 7) is 0.939. The lowest BCUT2D eigenvalue weighted by Gasteiger charge is -2.21. The van der Waals surface area contributed by atoms with Gasteiger partial charge < -0.3 is 10.1 Å². The molecule has 0 radical (unpaired) electrons. The number of carbonyl (C=O) groups is 2. The normalized spacial score (nSPS) is 11.3. The molecule has 2 aromatic rings. The first-order chi connectivity index (χ1) is 12.7. The number of ether oxygens (including phenoxy) is 1. The third kappa shape index (κ3) is 5.62. The van der Waals surface area contributed by atoms with Gasteiger partial charge in [0.15, 0.2) is 0 Å². The molecular weight excluding hydrogens is 436 g/mol. The van der Waals surface area contributed by atoms with Gasteiger partial charge in [-0.15, -0.1) is 0 Å². The second-order valence-electron chi connectivity index (χ2n) is 5.68. The summed E-state index contributed by atoms with van der Waals surface area (Å²) in [5, 5.41) is 2.52. The zero-order valence-corrected chi connectivity index (χ0v) is 17.2. The van der Waals surface area contributed by atoms with Gasteiger partial charge in [-0.25, -0.2) is 8.42 Å². The molecule has 0 atom stereocenters. The Hall–Kier alpha value is -2.23. The number of aryl methyl sites for hydroxylation is 1. The summed E-state index contributed by atoms with van der Waals surface area (Å²) in [4.78, 5) is 23.9. The Morgan fingerprint density at radius 3 is 2.22 bits per heavy atom. The number of amides is 1. The van der Waals surface area contributed by atoms with Gasteiger partial charge in [0.1, 0.15) is 6.54 Å². The minimum absolute atomic E-state index is 0.0230. The van der Waals surface area contributed by atoms with Gasteiger partial charge in [0.2, 0.25) is 10.0 Å². The number of methoxy groups -OCH3 is 1. The highest BCUT2D eigenvalue weighted by molar-refractivity contribution is 9.10. The maximum Gasteiger partial charge on any atom is 0.321 e. The standard InChI is InChI=1S/C18H19BrN2O5S/c1-13-3-9-16(10-4-13)27(24,25)21(11-17(22)26-2)12-20-18(23)14-5-7-15(19)8-6-14/h3-10H,11-12H2,1-2H3,(H,20,23). The van der Waals surface area contributed by atoms with Gasteiger partial charge in [-0.3, -0.25) is 9.59 Å². The van der Waals surface area contributed by atoms with Crippen molar-refractivity contribution in [2.75, 3.05) is 20.3 Å². The quantitative estimate of drug-likeness (QED) is 0.511. The SMILES string of the molecule is COC(=O)CN(CNC(=O)c1ccc(Br)cc1)S(=O)(=O)c1ccc(C)cc1. The number of halogens is 1. The number of sulfonamides is 1. The fraction of sp³-hybridized carbons (Fsp3) is 0.222. The number of esters is 1. The predicted molar refractivity (Wildman–Crippen MR) is 104 cm³/mol. The molecule has 9 heteroatoms. The zero-order chi connectivity index (χ0) is 20.0. The summed E-state index contributed by atoms with van der Waals surface area (Å²) in [6.07, 6.45) is 0. The first-order valence-corrected chi connectivity index (χ1v) is 10.1. The minimum atomic E-state index is -4.00. The molecule has 2 aromatic carbocycles. The van der Waals surface area contributed by atoms with Crippen LogP contribution in [0.5, 0.6) is 0 Å². The van der Waals surface area contributed by atoms with E-state index in [1.54, 1.807) is 36.4 Å². The summed E-state index contributed by atoms with van der Waals surface area (Å²) in [5.41, 5.74) is 1.26. The Kier molecular flexibility index (Phi) is 7.11. The monoisotopic (exact) mass is 454 g/mol. The van der Waals surface area contributed by atoms with Crippen LogP contribution in [0.15, 0.2) is 57.9 Å². The lowest BCUT2D eigenvalue weighted by atomic mass is 10.2. The third-order valence-electron chi connectivity index (χ3n) is 3.71. The van der Waals surface area contributed by atoms with Crippen molar-refractivity contribution in [3.8, 4) is 0 Å². The van der Waals surface area contributed by atoms with Crippen LogP contribution in [-0.2, 0) is 19.6 Å². The summed E-state index contributed by atoms with van der Waals surface area (Å²) >= 11 is 3.28. The maximum atomic E-state index is 12.8. The van der Waals surface area contributed by atoms with E-state index in [4.69, 9.17) is 0 Å². The van der Waals surface area contributed by atoms with Crippen LogP contribution in [0.25, 0.3) is 0 Å². The summed E-state index contributed by atoms with van der Waals surface area (Å²) in [7, 11) is -2.83. The average Bonchev–Trinajstić information content (AvgIpc) is 2.65. The zero-order valence-electron chi connectivity index (χ0n) is 14.8. The molecule has 0 heterocycles. The number of benzene rings is 2. The van der Waals surface area contributed by atoms with Gasteiger partial charge in [-0.05, 0) is 43.3 Å². The maximum absolute atomic E-state index is 12.8. The second kappa shape index (κ2) is 9.12. The number of nitrogens with one attached hydrogen (secondary N) is 1. The molecule has 1 amide bonds. The Morgan fingerprint density at radius 1 is 1.07 bits per heavy atom. The Labute approximate surface area is 166 Å². The van der Waals surface area contributed by atoms with Gasteiger partial charge in [-0.2, -0.15) is 4.31 Å². The van der Waals surface area contributed by atoms with Gasteiger partial charge in [0.05, 0.1) is 18.7 Å². The van der Waals surface area contributed by atoms with Crippen LogP contribution in [0.1, 0.15) is 15.9 Å². The van der Waals surface area contributed by atoms with Crippen LogP contribution in [0.2, 0.25) is 0 Å². The summed E-state index contributed by atoms with van der Waals surface area (Å²) < 4.78 is 31.9. The molecule has 144 valence electrons. The van der Waals surface area contributed by atoms with E-state index in [1.807, 2.05) is 6.92 Å². The van der Waals surface area contributed by atoms with Crippen LogP contribution < -0.4 is 5.32 Å². The molecule has 0 spiro atoms. The molecule has 0 bridgehead atoms. The van der Waals surface area contributed by atoms with E-state index in [-0.39, 0.29) is 11.6 Å². The molecule has 0 saturated carbocycles. The first kappa shape index (κ1) is 21.1. The van der Waals surface area contributed by atoms with Crippen molar-refractivity contribution in [1.29, 1.82) is 0 Å². The van der Waals surface area contributed by atoms with E-state index in [9.17, 15) is 18.0 Å². The Balaban J connectivity index is 2.20. The van der Waals surface area contributed by atoms with Crippen molar-refractivity contribution in [1.82, 2.24) is 9.62 Å². The molecular formula is C18H19BrN2O5S. The van der Waals surface area contributed by atoms with Crippen molar-refractivity contribution in [3.05, 3.63) is 64.1 Å². The van der Waals surface area contributed by atoms with E-state index in [0.717, 1.165) is 14.3 Å². The smallest absolute Gasteiger partial charge is 0.321 e. The molecule has 0 saturated heterocycles. The summed E-state index contributed by atoms with van der Waals surface area (Å²) in [5.74, 6) is -1.19. The highest BCUT2D eigenvalue weighted by atomic mass is 79.9. The topological polar surface area (TPSA) is 92.8 Å². The first-order valence-electron chi connectivity index (χ1n) is 7.91. The van der Waals surface area contributed by atoms with E-state index < -0.39 is 28.4 Å². The fourth-order valence-corrected chi connectivity index (χ4v) is 3.71. The fourth-order valence-electron chi connectivity index (χ4n) is 2.16. The Bertz CT molecular complexity index is 912. The van der Waals surface area contributed by atoms with E-state index >= 15 is 0 Å². The van der Waals surface area contributed by atoms with E-state index in [0.29, 0.717) is 5.56 Å². The van der Waals surface area contributed by atoms with Crippen LogP contribution >= 0.6 is 15.9 Å². The predicted octanol–water partition coefficient (Wildman–Crippen LogP) is 2.31. The van der Waals surface area contributed by atoms with Crippen molar-refractivity contribution < 1.29 is 22.7 Å². The number of rotatable bonds is 7. The molecule has 2 rings (SSSR count). The number of hydrogen-bond acceptors (Lipinski definition) is 5. The molecule has 0 fully saturated rings. The van der Waals surface area contributed by atoms with Crippen LogP contribution in [0.3, 0.4) is 0 Å². The number of carbonyl (C=O) groups excluding carboxylic acids is 2. The highest BCUT2D eigenvalue weighted by Gasteiger charge is 2.27.